The number of fused-ring (bicyclic) bond motifs is 5. The first-order valence-corrected chi connectivity index (χ1v) is 36.0. The number of rotatable bonds is 5. The predicted octanol–water partition coefficient (Wildman–Crippen LogP) is 9.03. The lowest BCUT2D eigenvalue weighted by Gasteiger charge is -2.34. The second kappa shape index (κ2) is 31.1. The Morgan fingerprint density at radius 3 is 0.562 bits per heavy atom. The molecule has 30 heteroatoms. The Hall–Kier alpha value is -13.2. The van der Waals surface area contributed by atoms with E-state index in [1.54, 1.807) is 62.0 Å². The van der Waals surface area contributed by atoms with Gasteiger partial charge in [-0.2, -0.15) is 0 Å². The molecule has 576 valence electrons. The average Bonchev–Trinajstić information content (AvgIpc) is 0.913. The van der Waals surface area contributed by atoms with E-state index in [1.807, 2.05) is 95.3 Å². The van der Waals surface area contributed by atoms with Gasteiger partial charge in [0.05, 0.1) is 0 Å². The van der Waals surface area contributed by atoms with Gasteiger partial charge in [0.25, 0.3) is 30.1 Å². The van der Waals surface area contributed by atoms with Gasteiger partial charge in [-0.15, -0.1) is 0 Å². The highest BCUT2D eigenvalue weighted by molar-refractivity contribution is 5.80. The number of ether oxygens (including phenoxy) is 10. The molecule has 0 saturated heterocycles. The Balaban J connectivity index is 0.000000116. The molecule has 0 aliphatic carbocycles. The fourth-order valence-electron chi connectivity index (χ4n) is 15.5. The number of aliphatic imine (C=N–C) groups is 5. The number of amidine groups is 5. The molecule has 0 fully saturated rings. The number of benzene rings is 5. The third-order valence-electron chi connectivity index (χ3n) is 21.6. The smallest absolute Gasteiger partial charge is 0.283 e. The molecule has 0 saturated carbocycles. The lowest BCUT2D eigenvalue weighted by Crippen LogP contribution is -2.46. The van der Waals surface area contributed by atoms with Gasteiger partial charge in [-0.3, -0.25) is 0 Å². The highest BCUT2D eigenvalue weighted by atomic mass is 16.5. The van der Waals surface area contributed by atoms with E-state index in [0.717, 1.165) is 144 Å². The maximum atomic E-state index is 6.07. The van der Waals surface area contributed by atoms with Crippen LogP contribution >= 0.6 is 0 Å². The third kappa shape index (κ3) is 14.6. The molecule has 10 aromatic rings. The average molecular weight is 1510 g/mol. The molecule has 20 rings (SSSR count). The Bertz CT molecular complexity index is 4490. The zero-order valence-corrected chi connectivity index (χ0v) is 61.0. The molecule has 112 heavy (non-hydrogen) atoms. The lowest BCUT2D eigenvalue weighted by molar-refractivity contribution is 0.0932. The lowest BCUT2D eigenvalue weighted by atomic mass is 9.84. The second-order valence-electron chi connectivity index (χ2n) is 28.5. The van der Waals surface area contributed by atoms with E-state index in [9.17, 15) is 0 Å². The number of nitrogens with two attached hydrogens (primary N) is 5. The first-order chi connectivity index (χ1) is 53.4. The van der Waals surface area contributed by atoms with Crippen LogP contribution in [-0.2, 0) is 55.8 Å². The molecular weight excluding hydrogens is 1430 g/mol. The summed E-state index contributed by atoms with van der Waals surface area (Å²) in [6.45, 7) is 12.1. The van der Waals surface area contributed by atoms with E-state index in [-0.39, 0.29) is 75.5 Å². The van der Waals surface area contributed by atoms with E-state index in [2.05, 4.69) is 105 Å². The van der Waals surface area contributed by atoms with Crippen LogP contribution in [0.4, 0.5) is 0 Å². The van der Waals surface area contributed by atoms with Crippen molar-refractivity contribution >= 4 is 30.1 Å². The summed E-state index contributed by atoms with van der Waals surface area (Å²) in [5.74, 6) is 4.36. The van der Waals surface area contributed by atoms with Crippen molar-refractivity contribution in [2.45, 2.75) is 140 Å². The topological polar surface area (TPSA) is 413 Å². The Labute approximate surface area is 647 Å². The fourth-order valence-corrected chi connectivity index (χ4v) is 15.5. The van der Waals surface area contributed by atoms with Crippen molar-refractivity contribution < 1.29 is 47.4 Å². The highest BCUT2D eigenvalue weighted by Gasteiger charge is 2.52. The van der Waals surface area contributed by atoms with Gasteiger partial charge in [-0.25, -0.2) is 74.8 Å². The van der Waals surface area contributed by atoms with Gasteiger partial charge in [0.15, 0.2) is 0 Å². The number of hydrogen-bond donors (Lipinski definition) is 5. The molecule has 0 amide bonds. The van der Waals surface area contributed by atoms with Gasteiger partial charge in [-0.05, 0) is 62.4 Å². The third-order valence-corrected chi connectivity index (χ3v) is 21.6. The van der Waals surface area contributed by atoms with E-state index in [4.69, 9.17) is 76.0 Å². The Morgan fingerprint density at radius 1 is 0.259 bits per heavy atom. The van der Waals surface area contributed by atoms with Crippen LogP contribution in [0, 0.1) is 0 Å². The Kier molecular flexibility index (Phi) is 21.0. The van der Waals surface area contributed by atoms with Crippen LogP contribution in [0.2, 0.25) is 0 Å². The first-order valence-electron chi connectivity index (χ1n) is 36.0. The molecule has 10 atom stereocenters. The number of hydrogen-bond acceptors (Lipinski definition) is 30. The van der Waals surface area contributed by atoms with Gasteiger partial charge in [-0.1, -0.05) is 106 Å². The minimum absolute atomic E-state index is 0. The minimum atomic E-state index is -0.428. The summed E-state index contributed by atoms with van der Waals surface area (Å²) in [6.07, 6.45) is 28.7. The van der Waals surface area contributed by atoms with Crippen LogP contribution in [0.1, 0.15) is 77.3 Å². The normalized spacial score (nSPS) is 25.6. The molecule has 2 unspecified atom stereocenters. The Morgan fingerprint density at radius 2 is 0.420 bits per heavy atom. The van der Waals surface area contributed by atoms with Gasteiger partial charge in [0.2, 0.25) is 0 Å². The van der Waals surface area contributed by atoms with Crippen molar-refractivity contribution in [2.75, 3.05) is 33.0 Å². The monoisotopic (exact) mass is 1510 g/mol. The molecule has 10 aliphatic heterocycles. The summed E-state index contributed by atoms with van der Waals surface area (Å²) in [5, 5.41) is 0. The summed E-state index contributed by atoms with van der Waals surface area (Å²) in [6, 6.07) is 31.6. The SMILES string of the molecule is C.C.CC1OC(N)=NC12COc1c(cccc1-c1cncnc1)C2.C[C@@H]1OC(N)=N[C@@]12COc1c(cccc1-c1cncnc1)C2.C[C@@H]1OC(N)=N[C@]12COc1c(cccc1-c1cncnc1)C2.C[C@H]1OC(N)=N[C@@]12COc1c(cccc1-c1cncnc1)C2.C[C@H]1OC(N)=N[C@]12COc1c(cccc1-c1cncnc1)C2. The standard InChI is InChI=1S/5C16H16N4O2.2CH4/c5*1-10-16(20-15(17)22-10)5-11-3-2-4-13(14(11)21-8-16)12-6-18-9-19-7-12;;/h5*2-4,6-7,9-10H,5,8H2,1H3,(H2,17,20);2*1H4/t2*10-,16+;2*10-,16-;;;/m1010.../s1. The van der Waals surface area contributed by atoms with Gasteiger partial charge in [0, 0.05) is 150 Å². The quantitative estimate of drug-likeness (QED) is 0.107. The van der Waals surface area contributed by atoms with Gasteiger partial charge >= 0.3 is 0 Å². The van der Waals surface area contributed by atoms with Crippen LogP contribution in [0.25, 0.3) is 55.6 Å². The molecule has 0 bridgehead atoms. The van der Waals surface area contributed by atoms with Crippen LogP contribution in [0.15, 0.2) is 210 Å². The van der Waals surface area contributed by atoms with Crippen molar-refractivity contribution in [2.24, 2.45) is 53.6 Å². The van der Waals surface area contributed by atoms with Crippen molar-refractivity contribution in [3.8, 4) is 84.4 Å². The zero-order chi connectivity index (χ0) is 75.8. The summed E-state index contributed by atoms with van der Waals surface area (Å²) >= 11 is 0. The molecule has 0 radical (unpaired) electrons. The van der Waals surface area contributed by atoms with Crippen LogP contribution in [0.3, 0.4) is 0 Å². The molecule has 10 N–H and O–H groups in total. The summed E-state index contributed by atoms with van der Waals surface area (Å²) < 4.78 is 57.9. The van der Waals surface area contributed by atoms with E-state index in [1.165, 1.54) is 31.6 Å². The zero-order valence-electron chi connectivity index (χ0n) is 61.0. The number of nitrogens with zero attached hydrogens (tertiary/aromatic N) is 15. The summed E-state index contributed by atoms with van der Waals surface area (Å²) in [4.78, 5) is 63.2. The highest BCUT2D eigenvalue weighted by Crippen LogP contribution is 2.48. The van der Waals surface area contributed by atoms with Gasteiger partial charge < -0.3 is 76.0 Å². The largest absolute Gasteiger partial charge is 0.490 e. The molecule has 30 nitrogen and oxygen atoms in total. The summed E-state index contributed by atoms with van der Waals surface area (Å²) in [7, 11) is 0. The van der Waals surface area contributed by atoms with Crippen molar-refractivity contribution in [1.29, 1.82) is 0 Å². The maximum Gasteiger partial charge on any atom is 0.283 e. The molecule has 5 aromatic heterocycles. The predicted molar refractivity (Wildman–Crippen MR) is 421 cm³/mol. The maximum absolute atomic E-state index is 6.07. The molecule has 15 heterocycles. The fraction of sp³-hybridized carbons (Fsp3) is 0.329. The van der Waals surface area contributed by atoms with Crippen molar-refractivity contribution in [1.82, 2.24) is 49.8 Å². The number of aromatic nitrogens is 10. The van der Waals surface area contributed by atoms with E-state index < -0.39 is 27.7 Å². The van der Waals surface area contributed by atoms with Crippen LogP contribution < -0.4 is 52.4 Å². The number of para-hydroxylation sites is 5. The van der Waals surface area contributed by atoms with Crippen LogP contribution in [-0.4, -0.2) is 171 Å². The van der Waals surface area contributed by atoms with E-state index in [0.29, 0.717) is 33.0 Å². The first kappa shape index (κ1) is 75.7. The summed E-state index contributed by atoms with van der Waals surface area (Å²) in [5.41, 5.74) is 41.7. The molecular formula is C82H88N20O10. The molecule has 10 aliphatic rings. The van der Waals surface area contributed by atoms with Crippen molar-refractivity contribution in [3.63, 3.8) is 0 Å². The van der Waals surface area contributed by atoms with Crippen LogP contribution in [0.5, 0.6) is 28.7 Å². The van der Waals surface area contributed by atoms with E-state index >= 15 is 0 Å². The molecule has 5 aromatic carbocycles. The molecule has 5 spiro atoms. The van der Waals surface area contributed by atoms with Gasteiger partial charge in [0.1, 0.15) is 152 Å². The van der Waals surface area contributed by atoms with Crippen molar-refractivity contribution in [3.05, 3.63) is 212 Å². The second-order valence-corrected chi connectivity index (χ2v) is 28.5. The minimum Gasteiger partial charge on any atom is -0.490 e.